The van der Waals surface area contributed by atoms with Gasteiger partial charge in [-0.25, -0.2) is 15.0 Å². The Hall–Kier alpha value is -2.24. The Kier molecular flexibility index (Phi) is 3.36. The smallest absolute Gasteiger partial charge is 0.254 e. The molecule has 0 aliphatic carbocycles. The molecule has 0 amide bonds. The monoisotopic (exact) mass is 246 g/mol. The molecule has 2 aromatic rings. The molecule has 2 aromatic heterocycles. The van der Waals surface area contributed by atoms with Crippen LogP contribution in [0.25, 0.3) is 11.5 Å². The Balaban J connectivity index is 2.57. The number of ether oxygens (including phenoxy) is 1. The SMILES string of the molecule is CCc1nc(-c2cc(OC)ncn2)[nH]c(=O)c1C. The van der Waals surface area contributed by atoms with Gasteiger partial charge in [0.1, 0.15) is 12.0 Å². The van der Waals surface area contributed by atoms with E-state index >= 15 is 0 Å². The second-order valence-corrected chi connectivity index (χ2v) is 3.79. The summed E-state index contributed by atoms with van der Waals surface area (Å²) in [6.45, 7) is 3.72. The standard InChI is InChI=1S/C12H14N4O2/c1-4-8-7(2)12(17)16-11(15-8)9-5-10(18-3)14-6-13-9/h5-6H,4H2,1-3H3,(H,15,16,17). The van der Waals surface area contributed by atoms with E-state index in [0.717, 1.165) is 5.69 Å². The first-order valence-corrected chi connectivity index (χ1v) is 5.62. The van der Waals surface area contributed by atoms with Gasteiger partial charge in [-0.15, -0.1) is 0 Å². The molecule has 0 fully saturated rings. The summed E-state index contributed by atoms with van der Waals surface area (Å²) in [7, 11) is 1.52. The van der Waals surface area contributed by atoms with Gasteiger partial charge >= 0.3 is 0 Å². The van der Waals surface area contributed by atoms with Gasteiger partial charge in [0.15, 0.2) is 5.82 Å². The second-order valence-electron chi connectivity index (χ2n) is 3.79. The van der Waals surface area contributed by atoms with Crippen LogP contribution in [0.4, 0.5) is 0 Å². The molecule has 0 spiro atoms. The predicted octanol–water partition coefficient (Wildman–Crippen LogP) is 1.11. The summed E-state index contributed by atoms with van der Waals surface area (Å²) in [4.78, 5) is 26.9. The van der Waals surface area contributed by atoms with Crippen LogP contribution in [-0.2, 0) is 6.42 Å². The molecule has 1 N–H and O–H groups in total. The van der Waals surface area contributed by atoms with Gasteiger partial charge in [0.2, 0.25) is 5.88 Å². The van der Waals surface area contributed by atoms with Gasteiger partial charge in [0.25, 0.3) is 5.56 Å². The lowest BCUT2D eigenvalue weighted by atomic mass is 10.2. The topological polar surface area (TPSA) is 80.8 Å². The average molecular weight is 246 g/mol. The van der Waals surface area contributed by atoms with Gasteiger partial charge in [-0.1, -0.05) is 6.92 Å². The number of hydrogen-bond acceptors (Lipinski definition) is 5. The Morgan fingerprint density at radius 1 is 1.39 bits per heavy atom. The van der Waals surface area contributed by atoms with Gasteiger partial charge in [-0.3, -0.25) is 4.79 Å². The van der Waals surface area contributed by atoms with Crippen LogP contribution in [0.1, 0.15) is 18.2 Å². The molecule has 2 heterocycles. The molecule has 0 atom stereocenters. The molecule has 94 valence electrons. The van der Waals surface area contributed by atoms with Crippen LogP contribution >= 0.6 is 0 Å². The molecule has 18 heavy (non-hydrogen) atoms. The lowest BCUT2D eigenvalue weighted by molar-refractivity contribution is 0.397. The average Bonchev–Trinajstić information content (AvgIpc) is 2.41. The van der Waals surface area contributed by atoms with E-state index in [0.29, 0.717) is 29.4 Å². The highest BCUT2D eigenvalue weighted by Gasteiger charge is 2.09. The van der Waals surface area contributed by atoms with E-state index < -0.39 is 0 Å². The number of nitrogens with one attached hydrogen (secondary N) is 1. The number of nitrogens with zero attached hydrogens (tertiary/aromatic N) is 3. The van der Waals surface area contributed by atoms with Crippen LogP contribution in [0.5, 0.6) is 5.88 Å². The van der Waals surface area contributed by atoms with E-state index in [1.54, 1.807) is 13.0 Å². The maximum atomic E-state index is 11.8. The number of methoxy groups -OCH3 is 1. The lowest BCUT2D eigenvalue weighted by Gasteiger charge is -2.06. The van der Waals surface area contributed by atoms with Gasteiger partial charge in [-0.2, -0.15) is 0 Å². The number of H-pyrrole nitrogens is 1. The molecule has 0 saturated carbocycles. The zero-order valence-electron chi connectivity index (χ0n) is 10.5. The highest BCUT2D eigenvalue weighted by atomic mass is 16.5. The lowest BCUT2D eigenvalue weighted by Crippen LogP contribution is -2.16. The molecule has 0 bridgehead atoms. The molecule has 0 aliphatic rings. The number of rotatable bonds is 3. The number of aromatic amines is 1. The Morgan fingerprint density at radius 2 is 2.17 bits per heavy atom. The van der Waals surface area contributed by atoms with Gasteiger partial charge in [0.05, 0.1) is 12.8 Å². The zero-order chi connectivity index (χ0) is 13.1. The molecular formula is C12H14N4O2. The first-order chi connectivity index (χ1) is 8.65. The summed E-state index contributed by atoms with van der Waals surface area (Å²) in [6.07, 6.45) is 2.07. The fourth-order valence-corrected chi connectivity index (χ4v) is 1.63. The first kappa shape index (κ1) is 12.2. The van der Waals surface area contributed by atoms with Gasteiger partial charge in [-0.05, 0) is 13.3 Å². The van der Waals surface area contributed by atoms with Gasteiger partial charge < -0.3 is 9.72 Å². The Morgan fingerprint density at radius 3 is 2.83 bits per heavy atom. The highest BCUT2D eigenvalue weighted by Crippen LogP contribution is 2.15. The van der Waals surface area contributed by atoms with E-state index in [9.17, 15) is 4.79 Å². The molecule has 6 heteroatoms. The van der Waals surface area contributed by atoms with Crippen molar-refractivity contribution >= 4 is 0 Å². The van der Waals surface area contributed by atoms with Crippen LogP contribution in [0.15, 0.2) is 17.2 Å². The largest absolute Gasteiger partial charge is 0.481 e. The minimum atomic E-state index is -0.144. The van der Waals surface area contributed by atoms with Crippen molar-refractivity contribution in [1.29, 1.82) is 0 Å². The normalized spacial score (nSPS) is 10.4. The van der Waals surface area contributed by atoms with Crippen LogP contribution in [0.3, 0.4) is 0 Å². The zero-order valence-corrected chi connectivity index (χ0v) is 10.5. The van der Waals surface area contributed by atoms with E-state index in [1.807, 2.05) is 6.92 Å². The summed E-state index contributed by atoms with van der Waals surface area (Å²) < 4.78 is 5.02. The highest BCUT2D eigenvalue weighted by molar-refractivity contribution is 5.50. The molecule has 0 saturated heterocycles. The minimum absolute atomic E-state index is 0.144. The maximum Gasteiger partial charge on any atom is 0.254 e. The van der Waals surface area contributed by atoms with Crippen LogP contribution in [0.2, 0.25) is 0 Å². The fraction of sp³-hybridized carbons (Fsp3) is 0.333. The van der Waals surface area contributed by atoms with Crippen molar-refractivity contribution in [1.82, 2.24) is 19.9 Å². The third-order valence-corrected chi connectivity index (χ3v) is 2.68. The summed E-state index contributed by atoms with van der Waals surface area (Å²) in [6, 6.07) is 1.63. The minimum Gasteiger partial charge on any atom is -0.481 e. The molecular weight excluding hydrogens is 232 g/mol. The van der Waals surface area contributed by atoms with E-state index in [4.69, 9.17) is 4.74 Å². The third kappa shape index (κ3) is 2.22. The van der Waals surface area contributed by atoms with Crippen LogP contribution in [-0.4, -0.2) is 27.0 Å². The van der Waals surface area contributed by atoms with Crippen LogP contribution < -0.4 is 10.3 Å². The quantitative estimate of drug-likeness (QED) is 0.877. The predicted molar refractivity (Wildman–Crippen MR) is 66.6 cm³/mol. The Labute approximate surface area is 104 Å². The van der Waals surface area contributed by atoms with Crippen molar-refractivity contribution in [2.75, 3.05) is 7.11 Å². The molecule has 0 unspecified atom stereocenters. The molecule has 0 radical (unpaired) electrons. The molecule has 2 rings (SSSR count). The summed E-state index contributed by atoms with van der Waals surface area (Å²) in [5, 5.41) is 0. The van der Waals surface area contributed by atoms with Crippen molar-refractivity contribution in [3.05, 3.63) is 34.0 Å². The fourth-order valence-electron chi connectivity index (χ4n) is 1.63. The van der Waals surface area contributed by atoms with Crippen LogP contribution in [0, 0.1) is 6.92 Å². The third-order valence-electron chi connectivity index (χ3n) is 2.68. The van der Waals surface area contributed by atoms with E-state index in [2.05, 4.69) is 19.9 Å². The molecule has 0 aliphatic heterocycles. The summed E-state index contributed by atoms with van der Waals surface area (Å²) in [5.74, 6) is 0.865. The van der Waals surface area contributed by atoms with Gasteiger partial charge in [0, 0.05) is 11.6 Å². The maximum absolute atomic E-state index is 11.8. The van der Waals surface area contributed by atoms with E-state index in [-0.39, 0.29) is 5.56 Å². The van der Waals surface area contributed by atoms with Crippen molar-refractivity contribution < 1.29 is 4.74 Å². The summed E-state index contributed by atoms with van der Waals surface area (Å²) >= 11 is 0. The summed E-state index contributed by atoms with van der Waals surface area (Å²) in [5.41, 5.74) is 1.80. The van der Waals surface area contributed by atoms with Crippen molar-refractivity contribution in [3.63, 3.8) is 0 Å². The number of aryl methyl sites for hydroxylation is 1. The molecule has 0 aromatic carbocycles. The number of aromatic nitrogens is 4. The number of hydrogen-bond donors (Lipinski definition) is 1. The first-order valence-electron chi connectivity index (χ1n) is 5.62. The van der Waals surface area contributed by atoms with E-state index in [1.165, 1.54) is 13.4 Å². The second kappa shape index (κ2) is 4.95. The van der Waals surface area contributed by atoms with Crippen molar-refractivity contribution in [2.24, 2.45) is 0 Å². The van der Waals surface area contributed by atoms with Crippen molar-refractivity contribution in [3.8, 4) is 17.4 Å². The Bertz CT molecular complexity index is 622. The van der Waals surface area contributed by atoms with Crippen molar-refractivity contribution in [2.45, 2.75) is 20.3 Å². The molecule has 6 nitrogen and oxygen atoms in total.